The highest BCUT2D eigenvalue weighted by atomic mass is 16.5. The van der Waals surface area contributed by atoms with Crippen LogP contribution in [0.3, 0.4) is 0 Å². The highest BCUT2D eigenvalue weighted by molar-refractivity contribution is 5.99. The number of anilines is 1. The standard InChI is InChI=1S/C30H40N4O4/c1-8-9-12-15-33(29(36)22-16-23(37-6)18-24(17-22)38-7)20-28(35)31-27-19-26(30(3,4)5)32-34(27)25-14-11-10-13-21(25)2/h10-11,13-14,16-19H,8-9,12,15,20H2,1-7H3,(H,31,35). The Bertz CT molecular complexity index is 1240. The number of hydrogen-bond acceptors (Lipinski definition) is 5. The Balaban J connectivity index is 1.90. The van der Waals surface area contributed by atoms with Gasteiger partial charge in [0, 0.05) is 29.7 Å². The molecule has 8 nitrogen and oxygen atoms in total. The first-order valence-electron chi connectivity index (χ1n) is 13.1. The van der Waals surface area contributed by atoms with E-state index in [-0.39, 0.29) is 23.8 Å². The molecule has 0 bridgehead atoms. The molecule has 0 fully saturated rings. The SMILES string of the molecule is CCCCCN(CC(=O)Nc1cc(C(C)(C)C)nn1-c1ccccc1C)C(=O)c1cc(OC)cc(OC)c1. The van der Waals surface area contributed by atoms with E-state index >= 15 is 0 Å². The quantitative estimate of drug-likeness (QED) is 0.325. The number of rotatable bonds is 11. The topological polar surface area (TPSA) is 85.7 Å². The Labute approximate surface area is 225 Å². The van der Waals surface area contributed by atoms with Crippen LogP contribution in [0.5, 0.6) is 11.5 Å². The molecule has 0 radical (unpaired) electrons. The minimum Gasteiger partial charge on any atom is -0.497 e. The number of aromatic nitrogens is 2. The van der Waals surface area contributed by atoms with E-state index in [2.05, 4.69) is 33.0 Å². The number of methoxy groups -OCH3 is 2. The average molecular weight is 521 g/mol. The maximum atomic E-state index is 13.5. The van der Waals surface area contributed by atoms with Crippen LogP contribution in [0.25, 0.3) is 5.69 Å². The van der Waals surface area contributed by atoms with Crippen LogP contribution in [0, 0.1) is 6.92 Å². The fraction of sp³-hybridized carbons (Fsp3) is 0.433. The molecule has 0 unspecified atom stereocenters. The van der Waals surface area contributed by atoms with E-state index in [1.54, 1.807) is 42.0 Å². The number of carbonyl (C=O) groups excluding carboxylic acids is 2. The molecule has 3 aromatic rings. The molecule has 0 saturated heterocycles. The van der Waals surface area contributed by atoms with Crippen LogP contribution >= 0.6 is 0 Å². The Hall–Kier alpha value is -3.81. The molecule has 1 N–H and O–H groups in total. The molecule has 204 valence electrons. The van der Waals surface area contributed by atoms with Crippen molar-refractivity contribution in [3.05, 3.63) is 65.4 Å². The minimum atomic E-state index is -0.292. The van der Waals surface area contributed by atoms with Crippen LogP contribution in [-0.4, -0.2) is 53.8 Å². The number of unbranched alkanes of at least 4 members (excludes halogenated alkanes) is 2. The van der Waals surface area contributed by atoms with E-state index in [1.165, 1.54) is 0 Å². The van der Waals surface area contributed by atoms with Gasteiger partial charge < -0.3 is 19.7 Å². The molecule has 0 saturated carbocycles. The smallest absolute Gasteiger partial charge is 0.254 e. The normalized spacial score (nSPS) is 11.2. The van der Waals surface area contributed by atoms with Gasteiger partial charge in [0.05, 0.1) is 25.6 Å². The van der Waals surface area contributed by atoms with E-state index in [0.717, 1.165) is 36.2 Å². The first-order chi connectivity index (χ1) is 18.1. The molecule has 1 aromatic heterocycles. The van der Waals surface area contributed by atoms with Gasteiger partial charge in [-0.25, -0.2) is 4.68 Å². The van der Waals surface area contributed by atoms with Gasteiger partial charge in [-0.1, -0.05) is 58.7 Å². The summed E-state index contributed by atoms with van der Waals surface area (Å²) in [5, 5.41) is 7.84. The van der Waals surface area contributed by atoms with Gasteiger partial charge in [0.2, 0.25) is 5.91 Å². The number of aryl methyl sites for hydroxylation is 1. The Kier molecular flexibility index (Phi) is 9.55. The van der Waals surface area contributed by atoms with Crippen LogP contribution in [0.4, 0.5) is 5.82 Å². The van der Waals surface area contributed by atoms with Crippen molar-refractivity contribution >= 4 is 17.6 Å². The molecular weight excluding hydrogens is 480 g/mol. The summed E-state index contributed by atoms with van der Waals surface area (Å²) in [6.45, 7) is 10.7. The third-order valence-corrected chi connectivity index (χ3v) is 6.34. The summed E-state index contributed by atoms with van der Waals surface area (Å²) in [5.41, 5.74) is 2.98. The molecule has 0 aliphatic heterocycles. The van der Waals surface area contributed by atoms with Crippen molar-refractivity contribution in [2.75, 3.05) is 32.6 Å². The summed E-state index contributed by atoms with van der Waals surface area (Å²) >= 11 is 0. The highest BCUT2D eigenvalue weighted by Crippen LogP contribution is 2.28. The highest BCUT2D eigenvalue weighted by Gasteiger charge is 2.24. The number of carbonyl (C=O) groups is 2. The lowest BCUT2D eigenvalue weighted by Gasteiger charge is -2.23. The van der Waals surface area contributed by atoms with Gasteiger partial charge in [-0.15, -0.1) is 0 Å². The molecule has 0 atom stereocenters. The fourth-order valence-electron chi connectivity index (χ4n) is 4.10. The lowest BCUT2D eigenvalue weighted by Crippen LogP contribution is -2.39. The summed E-state index contributed by atoms with van der Waals surface area (Å²) in [4.78, 5) is 28.5. The lowest BCUT2D eigenvalue weighted by molar-refractivity contribution is -0.117. The van der Waals surface area contributed by atoms with Crippen LogP contribution in [0.1, 0.15) is 68.6 Å². The van der Waals surface area contributed by atoms with Crippen LogP contribution in [0.2, 0.25) is 0 Å². The average Bonchev–Trinajstić information content (AvgIpc) is 3.31. The molecule has 8 heteroatoms. The van der Waals surface area contributed by atoms with Crippen molar-refractivity contribution in [1.29, 1.82) is 0 Å². The fourth-order valence-corrected chi connectivity index (χ4v) is 4.10. The summed E-state index contributed by atoms with van der Waals surface area (Å²) in [7, 11) is 3.08. The van der Waals surface area contributed by atoms with Crippen molar-refractivity contribution in [3.63, 3.8) is 0 Å². The van der Waals surface area contributed by atoms with Gasteiger partial charge in [-0.2, -0.15) is 5.10 Å². The number of benzene rings is 2. The van der Waals surface area contributed by atoms with Gasteiger partial charge in [-0.3, -0.25) is 9.59 Å². The van der Waals surface area contributed by atoms with Crippen molar-refractivity contribution in [2.24, 2.45) is 0 Å². The molecule has 3 rings (SSSR count). The molecule has 0 aliphatic carbocycles. The van der Waals surface area contributed by atoms with E-state index in [9.17, 15) is 9.59 Å². The number of nitrogens with one attached hydrogen (secondary N) is 1. The third-order valence-electron chi connectivity index (χ3n) is 6.34. The van der Waals surface area contributed by atoms with E-state index in [0.29, 0.717) is 29.4 Å². The first-order valence-corrected chi connectivity index (χ1v) is 13.1. The zero-order valence-corrected chi connectivity index (χ0v) is 23.6. The van der Waals surface area contributed by atoms with Crippen LogP contribution < -0.4 is 14.8 Å². The second-order valence-electron chi connectivity index (χ2n) is 10.4. The van der Waals surface area contributed by atoms with Crippen LogP contribution in [-0.2, 0) is 10.2 Å². The zero-order valence-electron chi connectivity index (χ0n) is 23.6. The number of nitrogens with zero attached hydrogens (tertiary/aromatic N) is 3. The first kappa shape index (κ1) is 28.8. The Morgan fingerprint density at radius 2 is 1.66 bits per heavy atom. The molecule has 2 amide bonds. The van der Waals surface area contributed by atoms with Gasteiger partial charge in [0.15, 0.2) is 0 Å². The Morgan fingerprint density at radius 1 is 1.00 bits per heavy atom. The summed E-state index contributed by atoms with van der Waals surface area (Å²) in [5.74, 6) is 1.05. The molecule has 0 spiro atoms. The van der Waals surface area contributed by atoms with E-state index < -0.39 is 0 Å². The molecule has 1 heterocycles. The molecule has 2 aromatic carbocycles. The Morgan fingerprint density at radius 3 is 2.24 bits per heavy atom. The number of ether oxygens (including phenoxy) is 2. The predicted octanol–water partition coefficient (Wildman–Crippen LogP) is 5.77. The molecular formula is C30H40N4O4. The summed E-state index contributed by atoms with van der Waals surface area (Å²) in [6, 6.07) is 14.8. The van der Waals surface area contributed by atoms with E-state index in [4.69, 9.17) is 14.6 Å². The molecule has 38 heavy (non-hydrogen) atoms. The van der Waals surface area contributed by atoms with Crippen molar-refractivity contribution in [3.8, 4) is 17.2 Å². The second-order valence-corrected chi connectivity index (χ2v) is 10.4. The number of para-hydroxylation sites is 1. The van der Waals surface area contributed by atoms with Crippen LogP contribution in [0.15, 0.2) is 48.5 Å². The van der Waals surface area contributed by atoms with Gasteiger partial charge in [0.25, 0.3) is 5.91 Å². The summed E-state index contributed by atoms with van der Waals surface area (Å²) < 4.78 is 12.4. The third kappa shape index (κ3) is 7.15. The van der Waals surface area contributed by atoms with Gasteiger partial charge in [-0.05, 0) is 37.1 Å². The van der Waals surface area contributed by atoms with Crippen molar-refractivity contribution < 1.29 is 19.1 Å². The maximum absolute atomic E-state index is 13.5. The monoisotopic (exact) mass is 520 g/mol. The number of amides is 2. The van der Waals surface area contributed by atoms with Gasteiger partial charge in [0.1, 0.15) is 23.9 Å². The van der Waals surface area contributed by atoms with Crippen molar-refractivity contribution in [2.45, 2.75) is 59.3 Å². The zero-order chi connectivity index (χ0) is 27.9. The largest absolute Gasteiger partial charge is 0.497 e. The van der Waals surface area contributed by atoms with Crippen molar-refractivity contribution in [1.82, 2.24) is 14.7 Å². The summed E-state index contributed by atoms with van der Waals surface area (Å²) in [6.07, 6.45) is 2.76. The number of hydrogen-bond donors (Lipinski definition) is 1. The molecule has 0 aliphatic rings. The predicted molar refractivity (Wildman–Crippen MR) is 151 cm³/mol. The maximum Gasteiger partial charge on any atom is 0.254 e. The van der Waals surface area contributed by atoms with E-state index in [1.807, 2.05) is 37.3 Å². The lowest BCUT2D eigenvalue weighted by atomic mass is 9.92. The second kappa shape index (κ2) is 12.6. The van der Waals surface area contributed by atoms with Gasteiger partial charge >= 0.3 is 0 Å². The minimum absolute atomic E-state index is 0.0914.